The molecule has 18 heavy (non-hydrogen) atoms. The monoisotopic (exact) mass is 248 g/mol. The minimum absolute atomic E-state index is 0.0708. The fourth-order valence-electron chi connectivity index (χ4n) is 3.10. The molecular weight excluding hydrogens is 228 g/mol. The largest absolute Gasteiger partial charge is 0.493 e. The van der Waals surface area contributed by atoms with Crippen LogP contribution in [0.2, 0.25) is 0 Å². The molecule has 2 N–H and O–H groups in total. The second-order valence-corrected chi connectivity index (χ2v) is 4.93. The Bertz CT molecular complexity index is 418. The molecule has 1 atom stereocenters. The van der Waals surface area contributed by atoms with Crippen LogP contribution in [-0.4, -0.2) is 44.4 Å². The highest BCUT2D eigenvalue weighted by Gasteiger charge is 2.42. The third kappa shape index (κ3) is 1.81. The number of nitrogens with zero attached hydrogens (tertiary/aromatic N) is 1. The van der Waals surface area contributed by atoms with E-state index in [1.165, 1.54) is 5.56 Å². The molecule has 0 aliphatic carbocycles. The molecule has 98 valence electrons. The quantitative estimate of drug-likeness (QED) is 0.846. The van der Waals surface area contributed by atoms with E-state index in [4.69, 9.17) is 15.2 Å². The van der Waals surface area contributed by atoms with E-state index in [2.05, 4.69) is 17.0 Å². The minimum atomic E-state index is -0.0708. The lowest BCUT2D eigenvalue weighted by Crippen LogP contribution is -2.57. The van der Waals surface area contributed by atoms with Crippen LogP contribution in [0, 0.1) is 0 Å². The summed E-state index contributed by atoms with van der Waals surface area (Å²) in [5.41, 5.74) is 7.31. The SMILES string of the molecule is NCC1(N2CCOCC2)CCOc2ccccc21. The number of ether oxygens (including phenoxy) is 2. The standard InChI is InChI=1S/C14H20N2O2/c15-11-14(16-6-9-17-10-7-16)5-8-18-13-4-2-1-3-12(13)14/h1-4H,5-11,15H2. The molecule has 4 nitrogen and oxygen atoms in total. The van der Waals surface area contributed by atoms with Gasteiger partial charge in [0.25, 0.3) is 0 Å². The van der Waals surface area contributed by atoms with Crippen molar-refractivity contribution in [2.75, 3.05) is 39.5 Å². The number of para-hydroxylation sites is 1. The van der Waals surface area contributed by atoms with Crippen molar-refractivity contribution < 1.29 is 9.47 Å². The van der Waals surface area contributed by atoms with E-state index in [1.54, 1.807) is 0 Å². The molecule has 0 spiro atoms. The van der Waals surface area contributed by atoms with Crippen molar-refractivity contribution in [1.82, 2.24) is 4.90 Å². The molecule has 0 amide bonds. The average Bonchev–Trinajstić information content (AvgIpc) is 2.47. The van der Waals surface area contributed by atoms with E-state index in [-0.39, 0.29) is 5.54 Å². The Balaban J connectivity index is 2.01. The van der Waals surface area contributed by atoms with E-state index in [1.807, 2.05) is 12.1 Å². The molecule has 1 saturated heterocycles. The lowest BCUT2D eigenvalue weighted by Gasteiger charge is -2.48. The number of hydrogen-bond acceptors (Lipinski definition) is 4. The number of nitrogens with two attached hydrogens (primary N) is 1. The van der Waals surface area contributed by atoms with Crippen LogP contribution in [0.25, 0.3) is 0 Å². The number of benzene rings is 1. The van der Waals surface area contributed by atoms with Crippen LogP contribution in [0.3, 0.4) is 0 Å². The molecule has 1 aromatic carbocycles. The van der Waals surface area contributed by atoms with Crippen molar-refractivity contribution in [2.45, 2.75) is 12.0 Å². The zero-order chi connectivity index (χ0) is 12.4. The van der Waals surface area contributed by atoms with Crippen LogP contribution < -0.4 is 10.5 Å². The molecule has 2 aliphatic heterocycles. The Morgan fingerprint density at radius 2 is 1.94 bits per heavy atom. The van der Waals surface area contributed by atoms with Crippen LogP contribution in [0.1, 0.15) is 12.0 Å². The van der Waals surface area contributed by atoms with Crippen molar-refractivity contribution in [1.29, 1.82) is 0 Å². The normalized spacial score (nSPS) is 28.5. The molecule has 0 saturated carbocycles. The van der Waals surface area contributed by atoms with Gasteiger partial charge < -0.3 is 15.2 Å². The zero-order valence-electron chi connectivity index (χ0n) is 10.6. The lowest BCUT2D eigenvalue weighted by molar-refractivity contribution is -0.0365. The lowest BCUT2D eigenvalue weighted by atomic mass is 9.82. The fraction of sp³-hybridized carbons (Fsp3) is 0.571. The Kier molecular flexibility index (Phi) is 3.24. The first-order chi connectivity index (χ1) is 8.87. The predicted molar refractivity (Wildman–Crippen MR) is 69.7 cm³/mol. The summed E-state index contributed by atoms with van der Waals surface area (Å²) < 4.78 is 11.2. The Hall–Kier alpha value is -1.10. The molecule has 0 radical (unpaired) electrons. The van der Waals surface area contributed by atoms with Crippen LogP contribution >= 0.6 is 0 Å². The van der Waals surface area contributed by atoms with Gasteiger partial charge in [-0.2, -0.15) is 0 Å². The Morgan fingerprint density at radius 1 is 1.17 bits per heavy atom. The number of rotatable bonds is 2. The van der Waals surface area contributed by atoms with Gasteiger partial charge in [-0.05, 0) is 6.07 Å². The third-order valence-electron chi connectivity index (χ3n) is 4.12. The molecule has 0 bridgehead atoms. The minimum Gasteiger partial charge on any atom is -0.493 e. The summed E-state index contributed by atoms with van der Waals surface area (Å²) in [6.45, 7) is 4.87. The van der Waals surface area contributed by atoms with E-state index in [0.29, 0.717) is 6.54 Å². The summed E-state index contributed by atoms with van der Waals surface area (Å²) in [4.78, 5) is 2.47. The second kappa shape index (κ2) is 4.88. The van der Waals surface area contributed by atoms with Gasteiger partial charge in [-0.1, -0.05) is 18.2 Å². The Labute approximate surface area is 108 Å². The first-order valence-electron chi connectivity index (χ1n) is 6.62. The van der Waals surface area contributed by atoms with Gasteiger partial charge in [0.2, 0.25) is 0 Å². The molecule has 1 unspecified atom stereocenters. The van der Waals surface area contributed by atoms with Crippen molar-refractivity contribution >= 4 is 0 Å². The van der Waals surface area contributed by atoms with Gasteiger partial charge >= 0.3 is 0 Å². The molecule has 1 aromatic rings. The topological polar surface area (TPSA) is 47.7 Å². The van der Waals surface area contributed by atoms with Gasteiger partial charge in [-0.25, -0.2) is 0 Å². The number of fused-ring (bicyclic) bond motifs is 1. The van der Waals surface area contributed by atoms with Crippen molar-refractivity contribution in [3.8, 4) is 5.75 Å². The van der Waals surface area contributed by atoms with Crippen molar-refractivity contribution in [3.05, 3.63) is 29.8 Å². The van der Waals surface area contributed by atoms with Gasteiger partial charge in [0, 0.05) is 31.6 Å². The fourth-order valence-corrected chi connectivity index (χ4v) is 3.10. The molecule has 1 fully saturated rings. The highest BCUT2D eigenvalue weighted by atomic mass is 16.5. The summed E-state index contributed by atoms with van der Waals surface area (Å²) in [5.74, 6) is 0.987. The number of morpholine rings is 1. The van der Waals surface area contributed by atoms with Crippen molar-refractivity contribution in [3.63, 3.8) is 0 Å². The van der Waals surface area contributed by atoms with Gasteiger partial charge in [0.15, 0.2) is 0 Å². The predicted octanol–water partition coefficient (Wildman–Crippen LogP) is 0.955. The van der Waals surface area contributed by atoms with Gasteiger partial charge in [0.1, 0.15) is 5.75 Å². The second-order valence-electron chi connectivity index (χ2n) is 4.93. The van der Waals surface area contributed by atoms with Gasteiger partial charge in [-0.3, -0.25) is 4.90 Å². The van der Waals surface area contributed by atoms with Crippen LogP contribution in [0.5, 0.6) is 5.75 Å². The van der Waals surface area contributed by atoms with Crippen LogP contribution in [0.15, 0.2) is 24.3 Å². The summed E-state index contributed by atoms with van der Waals surface area (Å²) in [7, 11) is 0. The third-order valence-corrected chi connectivity index (χ3v) is 4.12. The van der Waals surface area contributed by atoms with Crippen molar-refractivity contribution in [2.24, 2.45) is 5.73 Å². The van der Waals surface area contributed by atoms with Gasteiger partial charge in [-0.15, -0.1) is 0 Å². The summed E-state index contributed by atoms with van der Waals surface area (Å²) in [5, 5.41) is 0. The first kappa shape index (κ1) is 12.0. The smallest absolute Gasteiger partial charge is 0.124 e. The van der Waals surface area contributed by atoms with Crippen LogP contribution in [-0.2, 0) is 10.3 Å². The molecule has 2 heterocycles. The zero-order valence-corrected chi connectivity index (χ0v) is 10.6. The maximum Gasteiger partial charge on any atom is 0.124 e. The molecule has 4 heteroatoms. The molecule has 0 aromatic heterocycles. The maximum absolute atomic E-state index is 6.15. The summed E-state index contributed by atoms with van der Waals surface area (Å²) in [6.07, 6.45) is 0.959. The molecule has 3 rings (SSSR count). The summed E-state index contributed by atoms with van der Waals surface area (Å²) in [6, 6.07) is 8.28. The summed E-state index contributed by atoms with van der Waals surface area (Å²) >= 11 is 0. The first-order valence-corrected chi connectivity index (χ1v) is 6.62. The Morgan fingerprint density at radius 3 is 2.72 bits per heavy atom. The molecule has 2 aliphatic rings. The highest BCUT2D eigenvalue weighted by Crippen LogP contribution is 2.40. The van der Waals surface area contributed by atoms with E-state index >= 15 is 0 Å². The van der Waals surface area contributed by atoms with E-state index < -0.39 is 0 Å². The number of hydrogen-bond donors (Lipinski definition) is 1. The van der Waals surface area contributed by atoms with Gasteiger partial charge in [0.05, 0.1) is 25.4 Å². The van der Waals surface area contributed by atoms with Crippen LogP contribution in [0.4, 0.5) is 0 Å². The average molecular weight is 248 g/mol. The maximum atomic E-state index is 6.15. The highest BCUT2D eigenvalue weighted by molar-refractivity contribution is 5.41. The molecular formula is C14H20N2O2. The van der Waals surface area contributed by atoms with E-state index in [0.717, 1.165) is 45.1 Å². The van der Waals surface area contributed by atoms with E-state index in [9.17, 15) is 0 Å².